The third-order valence-corrected chi connectivity index (χ3v) is 6.24. The molecule has 2 aliphatic heterocycles. The first-order chi connectivity index (χ1) is 13.3. The smallest absolute Gasteiger partial charge is 0.191 e. The Morgan fingerprint density at radius 1 is 1.11 bits per heavy atom. The standard InChI is InChI=1S/C20H28N6S.HI/c21-19(25-11-13-26(14-12-25)20-23-8-15-27-20)22-7-3-9-24-10-6-17-4-1-2-5-18(17)16-24;/h1-2,4-5,8,15H,3,6-7,9-14,16H2,(H2,21,22);1H. The van der Waals surface area contributed by atoms with Crippen LogP contribution in [0.2, 0.25) is 0 Å². The van der Waals surface area contributed by atoms with Gasteiger partial charge in [0.25, 0.3) is 0 Å². The Labute approximate surface area is 188 Å². The molecule has 0 radical (unpaired) electrons. The summed E-state index contributed by atoms with van der Waals surface area (Å²) in [5.41, 5.74) is 9.21. The number of aromatic nitrogens is 1. The van der Waals surface area contributed by atoms with Crippen molar-refractivity contribution >= 4 is 46.4 Å². The molecule has 3 heterocycles. The number of piperazine rings is 1. The van der Waals surface area contributed by atoms with Crippen molar-refractivity contribution in [1.29, 1.82) is 0 Å². The van der Waals surface area contributed by atoms with Gasteiger partial charge in [-0.25, -0.2) is 4.98 Å². The quantitative estimate of drug-likeness (QED) is 0.289. The van der Waals surface area contributed by atoms with E-state index in [1.807, 2.05) is 11.6 Å². The highest BCUT2D eigenvalue weighted by molar-refractivity contribution is 14.0. The maximum atomic E-state index is 6.23. The molecule has 0 amide bonds. The van der Waals surface area contributed by atoms with Crippen LogP contribution in [0.3, 0.4) is 0 Å². The van der Waals surface area contributed by atoms with Crippen molar-refractivity contribution in [3.8, 4) is 0 Å². The maximum absolute atomic E-state index is 6.23. The van der Waals surface area contributed by atoms with E-state index in [9.17, 15) is 0 Å². The van der Waals surface area contributed by atoms with Gasteiger partial charge in [0.15, 0.2) is 11.1 Å². The second-order valence-corrected chi connectivity index (χ2v) is 8.05. The number of hydrogen-bond donors (Lipinski definition) is 1. The van der Waals surface area contributed by atoms with Crippen molar-refractivity contribution in [2.75, 3.05) is 50.7 Å². The Kier molecular flexibility index (Phi) is 7.92. The van der Waals surface area contributed by atoms with Crippen LogP contribution >= 0.6 is 35.3 Å². The zero-order valence-electron chi connectivity index (χ0n) is 16.2. The largest absolute Gasteiger partial charge is 0.370 e. The number of halogens is 1. The van der Waals surface area contributed by atoms with E-state index in [2.05, 4.69) is 48.9 Å². The molecule has 2 aromatic rings. The summed E-state index contributed by atoms with van der Waals surface area (Å²) in [6, 6.07) is 8.79. The summed E-state index contributed by atoms with van der Waals surface area (Å²) in [5.74, 6) is 0.692. The second-order valence-electron chi connectivity index (χ2n) is 7.18. The number of nitrogens with two attached hydrogens (primary N) is 1. The molecule has 2 aliphatic rings. The van der Waals surface area contributed by atoms with E-state index >= 15 is 0 Å². The lowest BCUT2D eigenvalue weighted by atomic mass is 10.00. The van der Waals surface area contributed by atoms with Gasteiger partial charge in [-0.1, -0.05) is 24.3 Å². The fourth-order valence-corrected chi connectivity index (χ4v) is 4.53. The number of aliphatic imine (C=N–C) groups is 1. The van der Waals surface area contributed by atoms with Gasteiger partial charge in [-0.2, -0.15) is 0 Å². The molecule has 1 fully saturated rings. The van der Waals surface area contributed by atoms with Crippen LogP contribution in [-0.4, -0.2) is 66.6 Å². The Hall–Kier alpha value is -1.39. The lowest BCUT2D eigenvalue weighted by Crippen LogP contribution is -2.51. The van der Waals surface area contributed by atoms with Gasteiger partial charge in [0.1, 0.15) is 0 Å². The monoisotopic (exact) mass is 512 g/mol. The van der Waals surface area contributed by atoms with E-state index in [0.29, 0.717) is 5.96 Å². The fourth-order valence-electron chi connectivity index (χ4n) is 3.83. The van der Waals surface area contributed by atoms with Crippen molar-refractivity contribution in [1.82, 2.24) is 14.8 Å². The van der Waals surface area contributed by atoms with Gasteiger partial charge >= 0.3 is 0 Å². The van der Waals surface area contributed by atoms with Crippen LogP contribution in [0.5, 0.6) is 0 Å². The summed E-state index contributed by atoms with van der Waals surface area (Å²) >= 11 is 1.70. The number of fused-ring (bicyclic) bond motifs is 1. The number of anilines is 1. The molecule has 2 N–H and O–H groups in total. The summed E-state index contributed by atoms with van der Waals surface area (Å²) in [6.07, 6.45) is 4.08. The lowest BCUT2D eigenvalue weighted by Gasteiger charge is -2.35. The molecule has 1 aromatic heterocycles. The number of nitrogens with zero attached hydrogens (tertiary/aromatic N) is 5. The Morgan fingerprint density at radius 2 is 1.89 bits per heavy atom. The predicted octanol–water partition coefficient (Wildman–Crippen LogP) is 2.65. The zero-order valence-corrected chi connectivity index (χ0v) is 19.3. The Bertz CT molecular complexity index is 758. The normalized spacial score (nSPS) is 17.9. The van der Waals surface area contributed by atoms with E-state index in [1.54, 1.807) is 11.3 Å². The average Bonchev–Trinajstić information content (AvgIpc) is 3.26. The van der Waals surface area contributed by atoms with Crippen LogP contribution < -0.4 is 10.6 Å². The van der Waals surface area contributed by atoms with Crippen molar-refractivity contribution in [3.05, 3.63) is 47.0 Å². The summed E-state index contributed by atoms with van der Waals surface area (Å²) in [6.45, 7) is 7.84. The molecule has 28 heavy (non-hydrogen) atoms. The van der Waals surface area contributed by atoms with Crippen molar-refractivity contribution in [2.24, 2.45) is 10.7 Å². The highest BCUT2D eigenvalue weighted by atomic mass is 127. The Balaban J connectivity index is 0.00000225. The molecule has 0 unspecified atom stereocenters. The molecular formula is C20H29IN6S. The third-order valence-electron chi connectivity index (χ3n) is 5.41. The molecule has 8 heteroatoms. The highest BCUT2D eigenvalue weighted by Crippen LogP contribution is 2.19. The van der Waals surface area contributed by atoms with Gasteiger partial charge in [-0.05, 0) is 24.0 Å². The molecule has 0 saturated carbocycles. The van der Waals surface area contributed by atoms with Crippen molar-refractivity contribution in [3.63, 3.8) is 0 Å². The third kappa shape index (κ3) is 5.36. The first-order valence-electron chi connectivity index (χ1n) is 9.78. The van der Waals surface area contributed by atoms with Crippen molar-refractivity contribution in [2.45, 2.75) is 19.4 Å². The lowest BCUT2D eigenvalue weighted by molar-refractivity contribution is 0.252. The molecule has 0 spiro atoms. The fraction of sp³-hybridized carbons (Fsp3) is 0.500. The van der Waals surface area contributed by atoms with Crippen molar-refractivity contribution < 1.29 is 0 Å². The van der Waals surface area contributed by atoms with E-state index in [1.165, 1.54) is 11.1 Å². The van der Waals surface area contributed by atoms with E-state index < -0.39 is 0 Å². The first kappa shape index (κ1) is 21.3. The second kappa shape index (κ2) is 10.4. The number of rotatable bonds is 5. The van der Waals surface area contributed by atoms with Gasteiger partial charge in [-0.3, -0.25) is 9.89 Å². The minimum absolute atomic E-state index is 0. The number of guanidine groups is 1. The molecule has 4 rings (SSSR count). The molecular weight excluding hydrogens is 483 g/mol. The molecule has 0 aliphatic carbocycles. The van der Waals surface area contributed by atoms with Crippen LogP contribution in [0.1, 0.15) is 17.5 Å². The summed E-state index contributed by atoms with van der Waals surface area (Å²) in [5, 5.41) is 3.13. The topological polar surface area (TPSA) is 61.0 Å². The number of hydrogen-bond acceptors (Lipinski definition) is 5. The number of thiazole rings is 1. The summed E-state index contributed by atoms with van der Waals surface area (Å²) in [7, 11) is 0. The average molecular weight is 512 g/mol. The van der Waals surface area contributed by atoms with Crippen LogP contribution in [0.25, 0.3) is 0 Å². The molecule has 6 nitrogen and oxygen atoms in total. The van der Waals surface area contributed by atoms with E-state index in [4.69, 9.17) is 5.73 Å². The van der Waals surface area contributed by atoms with Crippen LogP contribution in [0.4, 0.5) is 5.13 Å². The molecule has 0 atom stereocenters. The predicted molar refractivity (Wildman–Crippen MR) is 128 cm³/mol. The van der Waals surface area contributed by atoms with Gasteiger partial charge in [0.2, 0.25) is 0 Å². The van der Waals surface area contributed by atoms with E-state index in [-0.39, 0.29) is 24.0 Å². The highest BCUT2D eigenvalue weighted by Gasteiger charge is 2.20. The minimum atomic E-state index is 0. The van der Waals surface area contributed by atoms with E-state index in [0.717, 1.165) is 70.3 Å². The SMILES string of the molecule is I.NC(=NCCCN1CCc2ccccc2C1)N1CCN(c2nccs2)CC1. The zero-order chi connectivity index (χ0) is 18.5. The maximum Gasteiger partial charge on any atom is 0.191 e. The summed E-state index contributed by atoms with van der Waals surface area (Å²) in [4.78, 5) is 16.1. The van der Waals surface area contributed by atoms with Crippen LogP contribution in [-0.2, 0) is 13.0 Å². The van der Waals surface area contributed by atoms with Gasteiger partial charge in [0.05, 0.1) is 0 Å². The van der Waals surface area contributed by atoms with Crippen LogP contribution in [0, 0.1) is 0 Å². The van der Waals surface area contributed by atoms with Gasteiger partial charge < -0.3 is 15.5 Å². The Morgan fingerprint density at radius 3 is 2.64 bits per heavy atom. The molecule has 152 valence electrons. The van der Waals surface area contributed by atoms with Gasteiger partial charge in [-0.15, -0.1) is 35.3 Å². The minimum Gasteiger partial charge on any atom is -0.370 e. The molecule has 1 saturated heterocycles. The first-order valence-corrected chi connectivity index (χ1v) is 10.7. The van der Waals surface area contributed by atoms with Gasteiger partial charge in [0, 0.05) is 63.9 Å². The van der Waals surface area contributed by atoms with Crippen LogP contribution in [0.15, 0.2) is 40.8 Å². The molecule has 1 aromatic carbocycles. The number of benzene rings is 1. The summed E-state index contributed by atoms with van der Waals surface area (Å²) < 4.78 is 0. The molecule has 0 bridgehead atoms.